The molecule has 0 radical (unpaired) electrons. The van der Waals surface area contributed by atoms with E-state index in [0.717, 1.165) is 10.9 Å². The van der Waals surface area contributed by atoms with Crippen LogP contribution in [-0.2, 0) is 9.47 Å². The maximum Gasteiger partial charge on any atom is 0.123 e. The predicted molar refractivity (Wildman–Crippen MR) is 80.7 cm³/mol. The minimum absolute atomic E-state index is 0.0193. The van der Waals surface area contributed by atoms with E-state index in [-0.39, 0.29) is 11.5 Å². The van der Waals surface area contributed by atoms with Gasteiger partial charge < -0.3 is 9.47 Å². The quantitative estimate of drug-likeness (QED) is 0.384. The Morgan fingerprint density at radius 3 is 2.67 bits per heavy atom. The molecule has 1 unspecified atom stereocenters. The minimum Gasteiger partial charge on any atom is -0.375 e. The molecule has 18 heavy (non-hydrogen) atoms. The van der Waals surface area contributed by atoms with Gasteiger partial charge in [-0.15, -0.1) is 6.58 Å². The van der Waals surface area contributed by atoms with Gasteiger partial charge in [0.25, 0.3) is 0 Å². The summed E-state index contributed by atoms with van der Waals surface area (Å²) in [5, 5.41) is 0. The van der Waals surface area contributed by atoms with Crippen molar-refractivity contribution in [1.82, 2.24) is 0 Å². The minimum atomic E-state index is -0.0818. The molecule has 0 fully saturated rings. The summed E-state index contributed by atoms with van der Waals surface area (Å²) in [6.45, 7) is 12.8. The first kappa shape index (κ1) is 17.4. The van der Waals surface area contributed by atoms with Crippen LogP contribution in [0.25, 0.3) is 0 Å². The highest BCUT2D eigenvalue weighted by molar-refractivity contribution is 9.11. The van der Waals surface area contributed by atoms with Crippen LogP contribution in [-0.4, -0.2) is 26.4 Å². The molecule has 0 spiro atoms. The molecule has 0 aliphatic rings. The Morgan fingerprint density at radius 2 is 2.17 bits per heavy atom. The maximum atomic E-state index is 5.43. The lowest BCUT2D eigenvalue weighted by atomic mass is 9.83. The molecule has 0 aliphatic heterocycles. The molecule has 0 N–H and O–H groups in total. The molecule has 0 amide bonds. The number of halogens is 1. The van der Waals surface area contributed by atoms with Crippen LogP contribution in [0.1, 0.15) is 26.7 Å². The predicted octanol–water partition coefficient (Wildman–Crippen LogP) is 3.92. The molecule has 1 atom stereocenters. The number of rotatable bonds is 8. The molecule has 2 nitrogen and oxygen atoms in total. The SMILES string of the molecule is C=CCC(C)(C)C(C#CCCOCC(=C)Br)OC. The fourth-order valence-corrected chi connectivity index (χ4v) is 1.69. The third kappa shape index (κ3) is 7.71. The average Bonchev–Trinajstić information content (AvgIpc) is 2.27. The number of ether oxygens (including phenoxy) is 2. The van der Waals surface area contributed by atoms with Gasteiger partial charge in [-0.25, -0.2) is 0 Å². The Bertz CT molecular complexity index is 323. The maximum absolute atomic E-state index is 5.43. The van der Waals surface area contributed by atoms with Gasteiger partial charge in [-0.3, -0.25) is 0 Å². The first-order valence-corrected chi connectivity index (χ1v) is 6.76. The molecule has 0 bridgehead atoms. The second-order valence-corrected chi connectivity index (χ2v) is 5.86. The number of allylic oxidation sites excluding steroid dienone is 1. The van der Waals surface area contributed by atoms with Crippen molar-refractivity contribution >= 4 is 15.9 Å². The van der Waals surface area contributed by atoms with Crippen LogP contribution in [0.2, 0.25) is 0 Å². The van der Waals surface area contributed by atoms with Crippen LogP contribution < -0.4 is 0 Å². The Morgan fingerprint density at radius 1 is 1.50 bits per heavy atom. The second-order valence-electron chi connectivity index (χ2n) is 4.74. The van der Waals surface area contributed by atoms with Gasteiger partial charge in [-0.2, -0.15) is 0 Å². The molecule has 0 saturated carbocycles. The summed E-state index contributed by atoms with van der Waals surface area (Å²) in [5.74, 6) is 6.24. The van der Waals surface area contributed by atoms with Gasteiger partial charge in [0.05, 0.1) is 13.2 Å². The van der Waals surface area contributed by atoms with Crippen molar-refractivity contribution in [3.8, 4) is 11.8 Å². The van der Waals surface area contributed by atoms with E-state index >= 15 is 0 Å². The summed E-state index contributed by atoms with van der Waals surface area (Å²) >= 11 is 3.24. The van der Waals surface area contributed by atoms with E-state index in [9.17, 15) is 0 Å². The standard InChI is InChI=1S/C15H23BrO2/c1-6-10-15(3,4)14(17-5)9-7-8-11-18-12-13(2)16/h6,14H,1-2,8,10-12H2,3-5H3. The Kier molecular flexibility index (Phi) is 9.09. The lowest BCUT2D eigenvalue weighted by molar-refractivity contribution is 0.0514. The molecule has 0 aliphatic carbocycles. The lowest BCUT2D eigenvalue weighted by Gasteiger charge is -2.28. The van der Waals surface area contributed by atoms with Crippen LogP contribution in [0.5, 0.6) is 0 Å². The van der Waals surface area contributed by atoms with Crippen molar-refractivity contribution in [2.75, 3.05) is 20.3 Å². The number of hydrogen-bond acceptors (Lipinski definition) is 2. The van der Waals surface area contributed by atoms with Gasteiger partial charge in [0, 0.05) is 23.4 Å². The zero-order chi connectivity index (χ0) is 14.0. The summed E-state index contributed by atoms with van der Waals surface area (Å²) in [4.78, 5) is 0. The summed E-state index contributed by atoms with van der Waals surface area (Å²) in [5.41, 5.74) is -0.0193. The molecule has 0 rings (SSSR count). The monoisotopic (exact) mass is 314 g/mol. The van der Waals surface area contributed by atoms with E-state index in [2.05, 4.69) is 54.8 Å². The van der Waals surface area contributed by atoms with E-state index in [1.54, 1.807) is 7.11 Å². The van der Waals surface area contributed by atoms with E-state index in [1.165, 1.54) is 0 Å². The third-order valence-electron chi connectivity index (χ3n) is 2.48. The zero-order valence-corrected chi connectivity index (χ0v) is 13.2. The van der Waals surface area contributed by atoms with E-state index in [1.807, 2.05) is 6.08 Å². The van der Waals surface area contributed by atoms with Crippen molar-refractivity contribution in [3.63, 3.8) is 0 Å². The van der Waals surface area contributed by atoms with Gasteiger partial charge in [-0.1, -0.05) is 54.3 Å². The second kappa shape index (κ2) is 9.38. The van der Waals surface area contributed by atoms with Crippen LogP contribution >= 0.6 is 15.9 Å². The number of methoxy groups -OCH3 is 1. The molecule has 0 aromatic carbocycles. The highest BCUT2D eigenvalue weighted by Gasteiger charge is 2.26. The molecule has 0 aromatic rings. The van der Waals surface area contributed by atoms with Gasteiger partial charge >= 0.3 is 0 Å². The van der Waals surface area contributed by atoms with E-state index in [0.29, 0.717) is 19.6 Å². The molecule has 0 saturated heterocycles. The fraction of sp³-hybridized carbons (Fsp3) is 0.600. The summed E-state index contributed by atoms with van der Waals surface area (Å²) < 4.78 is 11.6. The Labute approximate surface area is 120 Å². The van der Waals surface area contributed by atoms with Crippen molar-refractivity contribution in [2.24, 2.45) is 5.41 Å². The molecule has 0 aromatic heterocycles. The third-order valence-corrected chi connectivity index (χ3v) is 2.71. The fourth-order valence-electron chi connectivity index (χ4n) is 1.52. The highest BCUT2D eigenvalue weighted by atomic mass is 79.9. The van der Waals surface area contributed by atoms with E-state index < -0.39 is 0 Å². The average molecular weight is 315 g/mol. The van der Waals surface area contributed by atoms with Gasteiger partial charge in [0.2, 0.25) is 0 Å². The van der Waals surface area contributed by atoms with Gasteiger partial charge in [-0.05, 0) is 6.42 Å². The normalized spacial score (nSPS) is 12.4. The summed E-state index contributed by atoms with van der Waals surface area (Å²) in [6.07, 6.45) is 3.39. The lowest BCUT2D eigenvalue weighted by Crippen LogP contribution is -2.29. The number of hydrogen-bond donors (Lipinski definition) is 0. The topological polar surface area (TPSA) is 18.5 Å². The van der Waals surface area contributed by atoms with Crippen molar-refractivity contribution in [3.05, 3.63) is 23.7 Å². The first-order chi connectivity index (χ1) is 8.44. The molecule has 3 heteroatoms. The molecule has 0 heterocycles. The smallest absolute Gasteiger partial charge is 0.123 e. The van der Waals surface area contributed by atoms with Crippen molar-refractivity contribution < 1.29 is 9.47 Å². The van der Waals surface area contributed by atoms with Crippen LogP contribution in [0.15, 0.2) is 23.7 Å². The Balaban J connectivity index is 4.13. The van der Waals surface area contributed by atoms with Gasteiger partial charge in [0.15, 0.2) is 0 Å². The summed E-state index contributed by atoms with van der Waals surface area (Å²) in [6, 6.07) is 0. The van der Waals surface area contributed by atoms with Crippen molar-refractivity contribution in [2.45, 2.75) is 32.8 Å². The Hall–Kier alpha value is -0.560. The van der Waals surface area contributed by atoms with E-state index in [4.69, 9.17) is 9.47 Å². The van der Waals surface area contributed by atoms with Gasteiger partial charge in [0.1, 0.15) is 6.10 Å². The van der Waals surface area contributed by atoms with Crippen LogP contribution in [0, 0.1) is 17.3 Å². The summed E-state index contributed by atoms with van der Waals surface area (Å²) in [7, 11) is 1.69. The molecular formula is C15H23BrO2. The highest BCUT2D eigenvalue weighted by Crippen LogP contribution is 2.27. The van der Waals surface area contributed by atoms with Crippen LogP contribution in [0.3, 0.4) is 0 Å². The first-order valence-electron chi connectivity index (χ1n) is 5.97. The largest absolute Gasteiger partial charge is 0.375 e. The van der Waals surface area contributed by atoms with Crippen molar-refractivity contribution in [1.29, 1.82) is 0 Å². The molecule has 102 valence electrons. The van der Waals surface area contributed by atoms with Crippen LogP contribution in [0.4, 0.5) is 0 Å². The zero-order valence-electron chi connectivity index (χ0n) is 11.6. The molecular weight excluding hydrogens is 292 g/mol.